The minimum atomic E-state index is -5.92. The van der Waals surface area contributed by atoms with Crippen molar-refractivity contribution in [1.82, 2.24) is 0 Å². The van der Waals surface area contributed by atoms with E-state index in [4.69, 9.17) is 4.74 Å². The first-order valence-electron chi connectivity index (χ1n) is 11.0. The summed E-state index contributed by atoms with van der Waals surface area (Å²) in [7, 11) is 0. The van der Waals surface area contributed by atoms with E-state index in [2.05, 4.69) is 6.58 Å². The van der Waals surface area contributed by atoms with Crippen LogP contribution in [0.5, 0.6) is 0 Å². The highest BCUT2D eigenvalue weighted by atomic mass is 19.4. The molecule has 3 aliphatic rings. The van der Waals surface area contributed by atoms with Crippen LogP contribution in [0.4, 0.5) is 26.3 Å². The molecule has 0 radical (unpaired) electrons. The SMILES string of the molecule is C=C(C)C(C)(C1CCC1)[C@H](O)OC(CC(O)(C(F)(F)F)C(F)(F)F)C1CC2CCC1C2. The van der Waals surface area contributed by atoms with Crippen LogP contribution in [-0.2, 0) is 4.74 Å². The highest BCUT2D eigenvalue weighted by molar-refractivity contribution is 5.12. The summed E-state index contributed by atoms with van der Waals surface area (Å²) in [5, 5.41) is 20.8. The Bertz CT molecular complexity index is 657. The van der Waals surface area contributed by atoms with Gasteiger partial charge >= 0.3 is 12.4 Å². The van der Waals surface area contributed by atoms with Gasteiger partial charge in [0, 0.05) is 11.8 Å². The summed E-state index contributed by atoms with van der Waals surface area (Å²) in [5.41, 5.74) is -5.32. The zero-order chi connectivity index (χ0) is 23.4. The van der Waals surface area contributed by atoms with Crippen LogP contribution in [0.15, 0.2) is 12.2 Å². The van der Waals surface area contributed by atoms with Crippen LogP contribution in [0, 0.1) is 29.1 Å². The fraction of sp³-hybridized carbons (Fsp3) is 0.909. The molecule has 0 amide bonds. The van der Waals surface area contributed by atoms with Gasteiger partial charge in [-0.15, -0.1) is 0 Å². The molecule has 0 aromatic carbocycles. The summed E-state index contributed by atoms with van der Waals surface area (Å²) >= 11 is 0. The Balaban J connectivity index is 1.91. The first-order valence-corrected chi connectivity index (χ1v) is 11.0. The number of fused-ring (bicyclic) bond motifs is 2. The van der Waals surface area contributed by atoms with Gasteiger partial charge in [-0.1, -0.05) is 31.9 Å². The molecule has 180 valence electrons. The second kappa shape index (κ2) is 8.20. The maximum absolute atomic E-state index is 13.4. The normalized spacial score (nSPS) is 31.2. The van der Waals surface area contributed by atoms with Gasteiger partial charge in [0.1, 0.15) is 0 Å². The summed E-state index contributed by atoms with van der Waals surface area (Å²) in [5.74, 6) is -0.403. The summed E-state index contributed by atoms with van der Waals surface area (Å²) in [6.45, 7) is 7.27. The first kappa shape index (κ1) is 24.8. The van der Waals surface area contributed by atoms with Crippen LogP contribution in [0.3, 0.4) is 0 Å². The van der Waals surface area contributed by atoms with E-state index in [1.807, 2.05) is 0 Å². The predicted octanol–water partition coefficient (Wildman–Crippen LogP) is 5.75. The molecule has 3 saturated carbocycles. The molecule has 0 aliphatic heterocycles. The Morgan fingerprint density at radius 3 is 1.97 bits per heavy atom. The van der Waals surface area contributed by atoms with Crippen molar-refractivity contribution in [1.29, 1.82) is 0 Å². The third-order valence-corrected chi connectivity index (χ3v) is 8.39. The van der Waals surface area contributed by atoms with Gasteiger partial charge in [-0.2, -0.15) is 26.3 Å². The molecule has 5 unspecified atom stereocenters. The van der Waals surface area contributed by atoms with Crippen molar-refractivity contribution >= 4 is 0 Å². The van der Waals surface area contributed by atoms with Crippen LogP contribution in [0.25, 0.3) is 0 Å². The lowest BCUT2D eigenvalue weighted by molar-refractivity contribution is -0.379. The van der Waals surface area contributed by atoms with Crippen molar-refractivity contribution in [3.63, 3.8) is 0 Å². The largest absolute Gasteiger partial charge is 0.426 e. The number of alkyl halides is 6. The number of rotatable bonds is 8. The van der Waals surface area contributed by atoms with Crippen LogP contribution < -0.4 is 0 Å². The minimum absolute atomic E-state index is 0.00945. The molecular weight excluding hydrogens is 426 g/mol. The third-order valence-electron chi connectivity index (χ3n) is 8.39. The van der Waals surface area contributed by atoms with Gasteiger partial charge in [0.05, 0.1) is 6.10 Å². The fourth-order valence-corrected chi connectivity index (χ4v) is 5.81. The van der Waals surface area contributed by atoms with Crippen LogP contribution in [0.1, 0.15) is 65.2 Å². The van der Waals surface area contributed by atoms with Crippen LogP contribution in [0.2, 0.25) is 0 Å². The summed E-state index contributed by atoms with van der Waals surface area (Å²) in [4.78, 5) is 0. The zero-order valence-electron chi connectivity index (χ0n) is 17.9. The van der Waals surface area contributed by atoms with Gasteiger partial charge in [-0.05, 0) is 62.7 Å². The lowest BCUT2D eigenvalue weighted by atomic mass is 9.62. The first-order chi connectivity index (χ1) is 14.1. The molecule has 0 spiro atoms. The number of hydrogen-bond donors (Lipinski definition) is 2. The molecule has 2 bridgehead atoms. The van der Waals surface area contributed by atoms with Gasteiger partial charge in [0.25, 0.3) is 5.60 Å². The van der Waals surface area contributed by atoms with E-state index in [1.165, 1.54) is 0 Å². The van der Waals surface area contributed by atoms with Gasteiger partial charge < -0.3 is 14.9 Å². The molecule has 31 heavy (non-hydrogen) atoms. The van der Waals surface area contributed by atoms with Gasteiger partial charge in [-0.25, -0.2) is 0 Å². The minimum Gasteiger partial charge on any atom is -0.374 e. The second-order valence-electron chi connectivity index (χ2n) is 10.1. The fourth-order valence-electron chi connectivity index (χ4n) is 5.81. The van der Waals surface area contributed by atoms with Crippen molar-refractivity contribution in [2.75, 3.05) is 0 Å². The van der Waals surface area contributed by atoms with E-state index in [9.17, 15) is 36.6 Å². The molecule has 0 saturated heterocycles. The molecule has 3 nitrogen and oxygen atoms in total. The van der Waals surface area contributed by atoms with E-state index < -0.39 is 48.1 Å². The molecule has 6 atom stereocenters. The van der Waals surface area contributed by atoms with E-state index in [1.54, 1.807) is 13.8 Å². The van der Waals surface area contributed by atoms with E-state index in [0.29, 0.717) is 18.4 Å². The number of ether oxygens (including phenoxy) is 1. The van der Waals surface area contributed by atoms with Gasteiger partial charge in [0.15, 0.2) is 6.29 Å². The van der Waals surface area contributed by atoms with E-state index in [0.717, 1.165) is 32.1 Å². The molecular formula is C22H32F6O3. The standard InChI is InChI=1S/C22H32F6O3/c1-12(2)19(3,15-5-4-6-15)18(29)31-17(16-10-13-7-8-14(16)9-13)11-20(30,21(23,24)25)22(26,27)28/h13-18,29-30H,1,4-11H2,2-3H3/t13?,14?,16?,17?,18-,19?/m1/s1. The average Bonchev–Trinajstić information content (AvgIpc) is 3.20. The van der Waals surface area contributed by atoms with Crippen molar-refractivity contribution in [2.24, 2.45) is 29.1 Å². The second-order valence-corrected chi connectivity index (χ2v) is 10.1. The van der Waals surface area contributed by atoms with Crippen LogP contribution in [-0.4, -0.2) is 40.6 Å². The molecule has 0 aromatic heterocycles. The highest BCUT2D eigenvalue weighted by Crippen LogP contribution is 2.55. The van der Waals surface area contributed by atoms with Crippen molar-refractivity contribution in [2.45, 2.75) is 95.6 Å². The smallest absolute Gasteiger partial charge is 0.374 e. The summed E-state index contributed by atoms with van der Waals surface area (Å²) < 4.78 is 86.2. The number of aliphatic hydroxyl groups is 2. The topological polar surface area (TPSA) is 49.7 Å². The van der Waals surface area contributed by atoms with Crippen LogP contribution >= 0.6 is 0 Å². The molecule has 3 aliphatic carbocycles. The zero-order valence-corrected chi connectivity index (χ0v) is 17.9. The number of halogens is 6. The molecule has 0 heterocycles. The third kappa shape index (κ3) is 4.26. The monoisotopic (exact) mass is 458 g/mol. The van der Waals surface area contributed by atoms with E-state index >= 15 is 0 Å². The highest BCUT2D eigenvalue weighted by Gasteiger charge is 2.71. The van der Waals surface area contributed by atoms with Crippen molar-refractivity contribution in [3.05, 3.63) is 12.2 Å². The lowest BCUT2D eigenvalue weighted by Crippen LogP contribution is -2.60. The molecule has 2 N–H and O–H groups in total. The lowest BCUT2D eigenvalue weighted by Gasteiger charge is -2.48. The Kier molecular flexibility index (Phi) is 6.57. The van der Waals surface area contributed by atoms with Gasteiger partial charge in [-0.3, -0.25) is 0 Å². The summed E-state index contributed by atoms with van der Waals surface area (Å²) in [6.07, 6.45) is -11.4. The number of aliphatic hydroxyl groups excluding tert-OH is 1. The Morgan fingerprint density at radius 1 is 1.03 bits per heavy atom. The maximum atomic E-state index is 13.4. The molecule has 0 aromatic rings. The average molecular weight is 458 g/mol. The molecule has 3 rings (SSSR count). The maximum Gasteiger partial charge on any atom is 0.426 e. The summed E-state index contributed by atoms with van der Waals surface area (Å²) in [6, 6.07) is 0. The van der Waals surface area contributed by atoms with E-state index in [-0.39, 0.29) is 17.8 Å². The van der Waals surface area contributed by atoms with Gasteiger partial charge in [0.2, 0.25) is 0 Å². The Morgan fingerprint density at radius 2 is 1.61 bits per heavy atom. The predicted molar refractivity (Wildman–Crippen MR) is 102 cm³/mol. The molecule has 9 heteroatoms. The molecule has 3 fully saturated rings. The van der Waals surface area contributed by atoms with Crippen molar-refractivity contribution < 1.29 is 41.3 Å². The Hall–Kier alpha value is -0.800. The Labute approximate surface area is 178 Å². The quantitative estimate of drug-likeness (QED) is 0.277. The number of hydrogen-bond acceptors (Lipinski definition) is 3. The van der Waals surface area contributed by atoms with Crippen molar-refractivity contribution in [3.8, 4) is 0 Å².